The van der Waals surface area contributed by atoms with Gasteiger partial charge >= 0.3 is 0 Å². The molecule has 0 saturated carbocycles. The molecule has 0 aliphatic rings. The molecule has 1 aromatic carbocycles. The summed E-state index contributed by atoms with van der Waals surface area (Å²) in [6.45, 7) is 0. The highest BCUT2D eigenvalue weighted by atomic mass is 35.5. The van der Waals surface area contributed by atoms with E-state index in [1.807, 2.05) is 13.1 Å². The monoisotopic (exact) mass is 312 g/mol. The van der Waals surface area contributed by atoms with Gasteiger partial charge in [-0.2, -0.15) is 0 Å². The maximum absolute atomic E-state index is 13.9. The summed E-state index contributed by atoms with van der Waals surface area (Å²) in [5, 5.41) is 3.96. The zero-order valence-electron chi connectivity index (χ0n) is 11.0. The van der Waals surface area contributed by atoms with Crippen molar-refractivity contribution in [3.8, 4) is 0 Å². The summed E-state index contributed by atoms with van der Waals surface area (Å²) in [6, 6.07) is 7.00. The smallest absolute Gasteiger partial charge is 0.145 e. The van der Waals surface area contributed by atoms with Gasteiger partial charge in [0, 0.05) is 18.4 Å². The van der Waals surface area contributed by atoms with Gasteiger partial charge in [-0.15, -0.1) is 0 Å². The Kier molecular flexibility index (Phi) is 5.35. The molecule has 2 aromatic rings. The van der Waals surface area contributed by atoms with E-state index >= 15 is 0 Å². The molecule has 20 heavy (non-hydrogen) atoms. The maximum atomic E-state index is 13.9. The van der Waals surface area contributed by atoms with Crippen LogP contribution in [0.1, 0.15) is 11.1 Å². The van der Waals surface area contributed by atoms with Gasteiger partial charge in [-0.3, -0.25) is 4.98 Å². The minimum Gasteiger partial charge on any atom is -0.316 e. The summed E-state index contributed by atoms with van der Waals surface area (Å²) >= 11 is 11.9. The van der Waals surface area contributed by atoms with Crippen LogP contribution in [-0.2, 0) is 12.8 Å². The molecule has 2 rings (SSSR count). The fourth-order valence-electron chi connectivity index (χ4n) is 2.08. The molecule has 0 saturated heterocycles. The van der Waals surface area contributed by atoms with Crippen molar-refractivity contribution in [2.24, 2.45) is 0 Å². The van der Waals surface area contributed by atoms with Crippen LogP contribution in [0.3, 0.4) is 0 Å². The van der Waals surface area contributed by atoms with E-state index in [0.29, 0.717) is 23.4 Å². The third-order valence-corrected chi connectivity index (χ3v) is 3.86. The molecule has 1 aromatic heterocycles. The number of pyridine rings is 1. The molecule has 1 N–H and O–H groups in total. The third-order valence-electron chi connectivity index (χ3n) is 3.23. The normalized spacial score (nSPS) is 12.4. The Hall–Kier alpha value is -1.16. The quantitative estimate of drug-likeness (QED) is 0.905. The van der Waals surface area contributed by atoms with Crippen molar-refractivity contribution < 1.29 is 4.39 Å². The zero-order valence-corrected chi connectivity index (χ0v) is 12.5. The number of hydrogen-bond donors (Lipinski definition) is 1. The molecule has 5 heteroatoms. The Morgan fingerprint density at radius 3 is 2.60 bits per heavy atom. The third kappa shape index (κ3) is 3.69. The summed E-state index contributed by atoms with van der Waals surface area (Å²) in [6.07, 6.45) is 4.56. The van der Waals surface area contributed by atoms with Gasteiger partial charge in [-0.1, -0.05) is 35.3 Å². The van der Waals surface area contributed by atoms with Gasteiger partial charge in [0.25, 0.3) is 0 Å². The summed E-state index contributed by atoms with van der Waals surface area (Å²) in [5.41, 5.74) is 1.59. The van der Waals surface area contributed by atoms with Gasteiger partial charge in [-0.05, 0) is 43.1 Å². The van der Waals surface area contributed by atoms with Gasteiger partial charge < -0.3 is 5.32 Å². The van der Waals surface area contributed by atoms with Gasteiger partial charge in [0.15, 0.2) is 0 Å². The van der Waals surface area contributed by atoms with Crippen molar-refractivity contribution in [1.29, 1.82) is 0 Å². The van der Waals surface area contributed by atoms with Crippen LogP contribution in [0.25, 0.3) is 0 Å². The predicted octanol–water partition coefficient (Wildman–Crippen LogP) is 3.90. The molecule has 2 nitrogen and oxygen atoms in total. The van der Waals surface area contributed by atoms with E-state index < -0.39 is 0 Å². The minimum atomic E-state index is -0.352. The lowest BCUT2D eigenvalue weighted by Crippen LogP contribution is -2.30. The van der Waals surface area contributed by atoms with Crippen LogP contribution in [0.15, 0.2) is 36.7 Å². The van der Waals surface area contributed by atoms with Crippen LogP contribution >= 0.6 is 23.2 Å². The fourth-order valence-corrected chi connectivity index (χ4v) is 2.47. The van der Waals surface area contributed by atoms with E-state index in [2.05, 4.69) is 10.3 Å². The standard InChI is InChI=1S/C15H15Cl2FN2/c1-19-12(7-10-5-6-20-9-14(10)17)8-11-3-2-4-13(16)15(11)18/h2-6,9,12,19H,7-8H2,1H3. The van der Waals surface area contributed by atoms with Crippen molar-refractivity contribution in [1.82, 2.24) is 10.3 Å². The Labute approximate surface area is 127 Å². The summed E-state index contributed by atoms with van der Waals surface area (Å²) in [7, 11) is 1.85. The molecule has 1 heterocycles. The predicted molar refractivity (Wildman–Crippen MR) is 80.9 cm³/mol. The second-order valence-electron chi connectivity index (χ2n) is 4.57. The second-order valence-corrected chi connectivity index (χ2v) is 5.39. The number of benzene rings is 1. The number of aromatic nitrogens is 1. The van der Waals surface area contributed by atoms with Gasteiger partial charge in [0.1, 0.15) is 5.82 Å². The highest BCUT2D eigenvalue weighted by molar-refractivity contribution is 6.31. The molecule has 0 aliphatic heterocycles. The van der Waals surface area contributed by atoms with Crippen molar-refractivity contribution in [2.45, 2.75) is 18.9 Å². The molecule has 0 bridgehead atoms. The number of nitrogens with one attached hydrogen (secondary N) is 1. The Morgan fingerprint density at radius 2 is 1.90 bits per heavy atom. The highest BCUT2D eigenvalue weighted by Crippen LogP contribution is 2.21. The van der Waals surface area contributed by atoms with Crippen molar-refractivity contribution in [3.05, 3.63) is 63.6 Å². The number of nitrogens with zero attached hydrogens (tertiary/aromatic N) is 1. The van der Waals surface area contributed by atoms with Crippen LogP contribution in [0.5, 0.6) is 0 Å². The van der Waals surface area contributed by atoms with E-state index in [9.17, 15) is 4.39 Å². The Bertz CT molecular complexity index is 590. The van der Waals surface area contributed by atoms with E-state index in [1.165, 1.54) is 0 Å². The molecule has 0 aliphatic carbocycles. The number of halogens is 3. The van der Waals surface area contributed by atoms with Crippen LogP contribution in [0.4, 0.5) is 4.39 Å². The average molecular weight is 313 g/mol. The van der Waals surface area contributed by atoms with Crippen molar-refractivity contribution in [2.75, 3.05) is 7.05 Å². The number of likely N-dealkylation sites (N-methyl/N-ethyl adjacent to an activating group) is 1. The van der Waals surface area contributed by atoms with Crippen molar-refractivity contribution in [3.63, 3.8) is 0 Å². The first-order valence-electron chi connectivity index (χ1n) is 6.30. The molecule has 1 atom stereocenters. The van der Waals surface area contributed by atoms with E-state index in [0.717, 1.165) is 5.56 Å². The molecule has 106 valence electrons. The van der Waals surface area contributed by atoms with Crippen LogP contribution in [0.2, 0.25) is 10.0 Å². The van der Waals surface area contributed by atoms with Crippen LogP contribution in [-0.4, -0.2) is 18.1 Å². The van der Waals surface area contributed by atoms with E-state index in [4.69, 9.17) is 23.2 Å². The van der Waals surface area contributed by atoms with Crippen molar-refractivity contribution >= 4 is 23.2 Å². The van der Waals surface area contributed by atoms with Gasteiger partial charge in [0.2, 0.25) is 0 Å². The minimum absolute atomic E-state index is 0.0721. The molecule has 0 amide bonds. The first-order valence-corrected chi connectivity index (χ1v) is 7.06. The number of hydrogen-bond acceptors (Lipinski definition) is 2. The molecular formula is C15H15Cl2FN2. The summed E-state index contributed by atoms with van der Waals surface area (Å²) < 4.78 is 13.9. The van der Waals surface area contributed by atoms with Gasteiger partial charge in [0.05, 0.1) is 10.0 Å². The lowest BCUT2D eigenvalue weighted by Gasteiger charge is -2.17. The van der Waals surface area contributed by atoms with Gasteiger partial charge in [-0.25, -0.2) is 4.39 Å². The summed E-state index contributed by atoms with van der Waals surface area (Å²) in [4.78, 5) is 3.96. The first kappa shape index (κ1) is 15.2. The molecule has 0 fully saturated rings. The molecule has 1 unspecified atom stereocenters. The Balaban J connectivity index is 2.14. The van der Waals surface area contributed by atoms with Crippen LogP contribution in [0, 0.1) is 5.82 Å². The number of rotatable bonds is 5. The lowest BCUT2D eigenvalue weighted by atomic mass is 9.99. The Morgan fingerprint density at radius 1 is 1.15 bits per heavy atom. The van der Waals surface area contributed by atoms with E-state index in [-0.39, 0.29) is 16.9 Å². The molecule has 0 spiro atoms. The summed E-state index contributed by atoms with van der Waals surface area (Å²) in [5.74, 6) is -0.352. The second kappa shape index (κ2) is 7.02. The fraction of sp³-hybridized carbons (Fsp3) is 0.267. The molecular weight excluding hydrogens is 298 g/mol. The zero-order chi connectivity index (χ0) is 14.5. The largest absolute Gasteiger partial charge is 0.316 e. The topological polar surface area (TPSA) is 24.9 Å². The molecule has 0 radical (unpaired) electrons. The lowest BCUT2D eigenvalue weighted by molar-refractivity contribution is 0.532. The maximum Gasteiger partial charge on any atom is 0.145 e. The van der Waals surface area contributed by atoms with E-state index in [1.54, 1.807) is 30.6 Å². The average Bonchev–Trinajstić information content (AvgIpc) is 2.45. The highest BCUT2D eigenvalue weighted by Gasteiger charge is 2.14. The SMILES string of the molecule is CNC(Cc1ccncc1Cl)Cc1cccc(Cl)c1F. The van der Waals surface area contributed by atoms with Crippen LogP contribution < -0.4 is 5.32 Å². The first-order chi connectivity index (χ1) is 9.61.